The predicted octanol–water partition coefficient (Wildman–Crippen LogP) is 3.76. The second-order valence-corrected chi connectivity index (χ2v) is 4.12. The Balaban J connectivity index is 2.36. The van der Waals surface area contributed by atoms with Gasteiger partial charge in [-0.05, 0) is 12.1 Å². The van der Waals surface area contributed by atoms with E-state index < -0.39 is 5.82 Å². The molecule has 2 rings (SSSR count). The van der Waals surface area contributed by atoms with Crippen LogP contribution in [-0.4, -0.2) is 17.0 Å². The lowest BCUT2D eigenvalue weighted by Gasteiger charge is -2.08. The summed E-state index contributed by atoms with van der Waals surface area (Å²) >= 11 is 11.7. The SMILES string of the molecule is CNc1ncc(F)c(Oc2cc(Cl)ccc2Cl)n1. The molecule has 0 aliphatic carbocycles. The third-order valence-corrected chi connectivity index (χ3v) is 2.58. The first-order valence-corrected chi connectivity index (χ1v) is 5.69. The van der Waals surface area contributed by atoms with E-state index in [1.54, 1.807) is 19.2 Å². The third-order valence-electron chi connectivity index (χ3n) is 2.04. The van der Waals surface area contributed by atoms with Gasteiger partial charge in [0.15, 0.2) is 0 Å². The number of ether oxygens (including phenoxy) is 1. The van der Waals surface area contributed by atoms with Gasteiger partial charge in [-0.15, -0.1) is 0 Å². The van der Waals surface area contributed by atoms with Crippen LogP contribution in [0.3, 0.4) is 0 Å². The van der Waals surface area contributed by atoms with Gasteiger partial charge in [0.2, 0.25) is 11.8 Å². The lowest BCUT2D eigenvalue weighted by Crippen LogP contribution is -2.00. The quantitative estimate of drug-likeness (QED) is 0.934. The van der Waals surface area contributed by atoms with E-state index >= 15 is 0 Å². The monoisotopic (exact) mass is 287 g/mol. The first-order valence-electron chi connectivity index (χ1n) is 4.93. The van der Waals surface area contributed by atoms with Crippen molar-refractivity contribution in [3.8, 4) is 11.6 Å². The molecule has 1 N–H and O–H groups in total. The van der Waals surface area contributed by atoms with E-state index in [0.29, 0.717) is 10.0 Å². The molecule has 1 heterocycles. The summed E-state index contributed by atoms with van der Waals surface area (Å²) in [6.45, 7) is 0. The van der Waals surface area contributed by atoms with Crippen LogP contribution in [0.2, 0.25) is 10.0 Å². The fraction of sp³-hybridized carbons (Fsp3) is 0.0909. The molecule has 0 aliphatic heterocycles. The highest BCUT2D eigenvalue weighted by molar-refractivity contribution is 6.34. The highest BCUT2D eigenvalue weighted by atomic mass is 35.5. The maximum atomic E-state index is 13.5. The number of aromatic nitrogens is 2. The summed E-state index contributed by atoms with van der Waals surface area (Å²) in [4.78, 5) is 7.54. The van der Waals surface area contributed by atoms with Gasteiger partial charge < -0.3 is 10.1 Å². The molecule has 0 unspecified atom stereocenters. The van der Waals surface area contributed by atoms with Gasteiger partial charge in [0.05, 0.1) is 11.2 Å². The van der Waals surface area contributed by atoms with E-state index in [2.05, 4.69) is 15.3 Å². The van der Waals surface area contributed by atoms with Gasteiger partial charge in [-0.25, -0.2) is 4.98 Å². The van der Waals surface area contributed by atoms with Crippen molar-refractivity contribution in [2.45, 2.75) is 0 Å². The fourth-order valence-corrected chi connectivity index (χ4v) is 1.52. The molecule has 1 aromatic carbocycles. The Hall–Kier alpha value is -1.59. The van der Waals surface area contributed by atoms with Crippen molar-refractivity contribution in [1.29, 1.82) is 0 Å². The smallest absolute Gasteiger partial charge is 0.260 e. The van der Waals surface area contributed by atoms with Crippen molar-refractivity contribution in [3.63, 3.8) is 0 Å². The summed E-state index contributed by atoms with van der Waals surface area (Å²) in [5.74, 6) is -0.447. The van der Waals surface area contributed by atoms with Crippen LogP contribution in [0.15, 0.2) is 24.4 Å². The summed E-state index contributed by atoms with van der Waals surface area (Å²) in [6, 6.07) is 4.63. The first-order chi connectivity index (χ1) is 8.60. The zero-order chi connectivity index (χ0) is 13.1. The summed E-state index contributed by atoms with van der Waals surface area (Å²) in [7, 11) is 1.61. The zero-order valence-corrected chi connectivity index (χ0v) is 10.8. The Labute approximate surface area is 113 Å². The van der Waals surface area contributed by atoms with Crippen molar-refractivity contribution in [2.75, 3.05) is 12.4 Å². The van der Waals surface area contributed by atoms with Crippen LogP contribution in [0, 0.1) is 5.82 Å². The highest BCUT2D eigenvalue weighted by Gasteiger charge is 2.11. The molecule has 0 saturated carbocycles. The second-order valence-electron chi connectivity index (χ2n) is 3.27. The van der Waals surface area contributed by atoms with Crippen LogP contribution in [0.5, 0.6) is 11.6 Å². The molecule has 0 bridgehead atoms. The van der Waals surface area contributed by atoms with Crippen LogP contribution in [0.4, 0.5) is 10.3 Å². The Kier molecular flexibility index (Phi) is 3.84. The average Bonchev–Trinajstić information content (AvgIpc) is 2.36. The summed E-state index contributed by atoms with van der Waals surface area (Å²) in [5, 5.41) is 3.42. The number of hydrogen-bond acceptors (Lipinski definition) is 4. The van der Waals surface area contributed by atoms with Crippen molar-refractivity contribution < 1.29 is 9.13 Å². The van der Waals surface area contributed by atoms with Gasteiger partial charge in [0.1, 0.15) is 5.75 Å². The van der Waals surface area contributed by atoms with Gasteiger partial charge >= 0.3 is 0 Å². The van der Waals surface area contributed by atoms with Crippen molar-refractivity contribution in [1.82, 2.24) is 9.97 Å². The molecular weight excluding hydrogens is 280 g/mol. The zero-order valence-electron chi connectivity index (χ0n) is 9.25. The molecule has 4 nitrogen and oxygen atoms in total. The number of benzene rings is 1. The maximum absolute atomic E-state index is 13.5. The molecule has 0 aliphatic rings. The lowest BCUT2D eigenvalue weighted by molar-refractivity contribution is 0.421. The maximum Gasteiger partial charge on any atom is 0.260 e. The van der Waals surface area contributed by atoms with E-state index in [9.17, 15) is 4.39 Å². The average molecular weight is 288 g/mol. The Morgan fingerprint density at radius 2 is 2.11 bits per heavy atom. The van der Waals surface area contributed by atoms with E-state index in [0.717, 1.165) is 6.20 Å². The van der Waals surface area contributed by atoms with Gasteiger partial charge in [-0.1, -0.05) is 23.2 Å². The van der Waals surface area contributed by atoms with Gasteiger partial charge in [-0.3, -0.25) is 0 Å². The molecule has 2 aromatic rings. The molecule has 1 aromatic heterocycles. The number of hydrogen-bond donors (Lipinski definition) is 1. The summed E-state index contributed by atoms with van der Waals surface area (Å²) in [6.07, 6.45) is 1.01. The fourth-order valence-electron chi connectivity index (χ4n) is 1.20. The second kappa shape index (κ2) is 5.37. The largest absolute Gasteiger partial charge is 0.435 e. The molecule has 0 radical (unpaired) electrons. The first kappa shape index (κ1) is 12.9. The molecule has 0 spiro atoms. The van der Waals surface area contributed by atoms with Crippen LogP contribution >= 0.6 is 23.2 Å². The minimum Gasteiger partial charge on any atom is -0.435 e. The number of rotatable bonds is 3. The van der Waals surface area contributed by atoms with E-state index in [-0.39, 0.29) is 17.6 Å². The Morgan fingerprint density at radius 3 is 2.83 bits per heavy atom. The highest BCUT2D eigenvalue weighted by Crippen LogP contribution is 2.32. The van der Waals surface area contributed by atoms with Crippen LogP contribution in [0.1, 0.15) is 0 Å². The standard InChI is InChI=1S/C11H8Cl2FN3O/c1-15-11-16-5-8(14)10(17-11)18-9-4-6(12)2-3-7(9)13/h2-5H,1H3,(H,15,16,17). The lowest BCUT2D eigenvalue weighted by atomic mass is 10.3. The van der Waals surface area contributed by atoms with Crippen LogP contribution in [0.25, 0.3) is 0 Å². The number of halogens is 3. The topological polar surface area (TPSA) is 47.0 Å². The molecule has 94 valence electrons. The number of nitrogens with zero attached hydrogens (tertiary/aromatic N) is 2. The minimum atomic E-state index is -0.690. The van der Waals surface area contributed by atoms with E-state index in [1.807, 2.05) is 0 Å². The van der Waals surface area contributed by atoms with Gasteiger partial charge in [-0.2, -0.15) is 9.37 Å². The van der Waals surface area contributed by atoms with Crippen molar-refractivity contribution in [2.24, 2.45) is 0 Å². The van der Waals surface area contributed by atoms with Gasteiger partial charge in [0, 0.05) is 18.1 Å². The number of anilines is 1. The van der Waals surface area contributed by atoms with E-state index in [4.69, 9.17) is 27.9 Å². The van der Waals surface area contributed by atoms with E-state index in [1.165, 1.54) is 6.07 Å². The predicted molar refractivity (Wildman–Crippen MR) is 68.1 cm³/mol. The number of nitrogens with one attached hydrogen (secondary N) is 1. The molecule has 0 amide bonds. The Morgan fingerprint density at radius 1 is 1.33 bits per heavy atom. The molecule has 18 heavy (non-hydrogen) atoms. The van der Waals surface area contributed by atoms with Gasteiger partial charge in [0.25, 0.3) is 5.88 Å². The molecule has 0 atom stereocenters. The van der Waals surface area contributed by atoms with Crippen LogP contribution < -0.4 is 10.1 Å². The molecule has 0 saturated heterocycles. The Bertz CT molecular complexity index is 580. The van der Waals surface area contributed by atoms with Crippen LogP contribution in [-0.2, 0) is 0 Å². The summed E-state index contributed by atoms with van der Waals surface area (Å²) in [5.41, 5.74) is 0. The third kappa shape index (κ3) is 2.80. The normalized spacial score (nSPS) is 10.2. The van der Waals surface area contributed by atoms with Crippen molar-refractivity contribution in [3.05, 3.63) is 40.3 Å². The molecular formula is C11H8Cl2FN3O. The minimum absolute atomic E-state index is 0.224. The molecule has 0 fully saturated rings. The molecule has 7 heteroatoms. The summed E-state index contributed by atoms with van der Waals surface area (Å²) < 4.78 is 18.8. The van der Waals surface area contributed by atoms with Crippen molar-refractivity contribution >= 4 is 29.2 Å².